The predicted molar refractivity (Wildman–Crippen MR) is 140 cm³/mol. The van der Waals surface area contributed by atoms with Crippen molar-refractivity contribution in [3.63, 3.8) is 0 Å². The molecule has 0 unspecified atom stereocenters. The highest BCUT2D eigenvalue weighted by atomic mass is 16.3. The first kappa shape index (κ1) is 22.2. The van der Waals surface area contributed by atoms with E-state index >= 15 is 0 Å². The molecule has 0 saturated carbocycles. The standard InChI is InChI=1S/C31H37NO/c1-18-10-12-21-23(14-18)31(8,9)22-13-11-19(15-29(2,3)4)27-24(22)25-26(21)32-17-20(28(25)33-27)16-30(5,6)7/h10-14,17H,15-16H2,1-9H3. The molecule has 5 rings (SSSR count). The summed E-state index contributed by atoms with van der Waals surface area (Å²) in [4.78, 5) is 5.12. The van der Waals surface area contributed by atoms with Crippen molar-refractivity contribution in [2.75, 3.05) is 0 Å². The van der Waals surface area contributed by atoms with E-state index in [1.807, 2.05) is 0 Å². The fourth-order valence-electron chi connectivity index (χ4n) is 5.63. The molecule has 0 bridgehead atoms. The Morgan fingerprint density at radius 1 is 0.788 bits per heavy atom. The Morgan fingerprint density at radius 2 is 1.42 bits per heavy atom. The van der Waals surface area contributed by atoms with Crippen LogP contribution in [0.25, 0.3) is 33.2 Å². The van der Waals surface area contributed by atoms with Gasteiger partial charge in [-0.2, -0.15) is 0 Å². The van der Waals surface area contributed by atoms with Gasteiger partial charge in [0.15, 0.2) is 0 Å². The van der Waals surface area contributed by atoms with Crippen LogP contribution in [-0.2, 0) is 18.3 Å². The molecule has 0 amide bonds. The van der Waals surface area contributed by atoms with Gasteiger partial charge in [0.25, 0.3) is 0 Å². The molecule has 1 aliphatic carbocycles. The first-order valence-corrected chi connectivity index (χ1v) is 12.2. The van der Waals surface area contributed by atoms with Crippen LogP contribution in [0, 0.1) is 17.8 Å². The Bertz CT molecular complexity index is 1400. The van der Waals surface area contributed by atoms with Gasteiger partial charge in [-0.3, -0.25) is 4.98 Å². The van der Waals surface area contributed by atoms with Gasteiger partial charge >= 0.3 is 0 Å². The van der Waals surface area contributed by atoms with Crippen molar-refractivity contribution in [3.8, 4) is 11.3 Å². The number of pyridine rings is 1. The van der Waals surface area contributed by atoms with Crippen molar-refractivity contribution in [3.05, 3.63) is 64.3 Å². The van der Waals surface area contributed by atoms with Crippen LogP contribution in [0.2, 0.25) is 0 Å². The zero-order chi connectivity index (χ0) is 23.9. The lowest BCUT2D eigenvalue weighted by Gasteiger charge is -2.29. The largest absolute Gasteiger partial charge is 0.455 e. The minimum absolute atomic E-state index is 0.151. The predicted octanol–water partition coefficient (Wildman–Crippen LogP) is 8.77. The van der Waals surface area contributed by atoms with Crippen LogP contribution in [-0.4, -0.2) is 4.98 Å². The van der Waals surface area contributed by atoms with Gasteiger partial charge in [0, 0.05) is 28.1 Å². The summed E-state index contributed by atoms with van der Waals surface area (Å²) in [5.41, 5.74) is 11.0. The zero-order valence-electron chi connectivity index (χ0n) is 21.7. The molecule has 0 saturated heterocycles. The molecule has 0 aliphatic heterocycles. The first-order chi connectivity index (χ1) is 15.3. The van der Waals surface area contributed by atoms with E-state index in [1.54, 1.807) is 0 Å². The van der Waals surface area contributed by atoms with E-state index in [-0.39, 0.29) is 16.2 Å². The fourth-order valence-corrected chi connectivity index (χ4v) is 5.63. The van der Waals surface area contributed by atoms with Crippen LogP contribution in [0.5, 0.6) is 0 Å². The van der Waals surface area contributed by atoms with E-state index in [0.29, 0.717) is 0 Å². The molecule has 0 spiro atoms. The van der Waals surface area contributed by atoms with Gasteiger partial charge in [-0.05, 0) is 47.3 Å². The van der Waals surface area contributed by atoms with Crippen molar-refractivity contribution in [2.24, 2.45) is 10.8 Å². The van der Waals surface area contributed by atoms with Crippen LogP contribution in [0.4, 0.5) is 0 Å². The number of hydrogen-bond acceptors (Lipinski definition) is 2. The molecule has 33 heavy (non-hydrogen) atoms. The van der Waals surface area contributed by atoms with Gasteiger partial charge < -0.3 is 4.42 Å². The SMILES string of the molecule is Cc1ccc2c(c1)C(C)(C)c1ccc(CC(C)(C)C)c3oc4c(CC(C)(C)C)cnc-2c4c13. The van der Waals surface area contributed by atoms with Crippen molar-refractivity contribution >= 4 is 21.9 Å². The number of benzene rings is 2. The maximum Gasteiger partial charge on any atom is 0.142 e. The minimum atomic E-state index is -0.151. The molecular formula is C31H37NO. The Balaban J connectivity index is 1.97. The molecule has 1 aliphatic rings. The summed E-state index contributed by atoms with van der Waals surface area (Å²) < 4.78 is 6.86. The average Bonchev–Trinajstić information content (AvgIpc) is 3.05. The highest BCUT2D eigenvalue weighted by Gasteiger charge is 2.36. The van der Waals surface area contributed by atoms with E-state index in [2.05, 4.69) is 98.8 Å². The summed E-state index contributed by atoms with van der Waals surface area (Å²) >= 11 is 0. The molecule has 0 radical (unpaired) electrons. The van der Waals surface area contributed by atoms with Gasteiger partial charge in [-0.15, -0.1) is 0 Å². The summed E-state index contributed by atoms with van der Waals surface area (Å²) in [5.74, 6) is 0. The van der Waals surface area contributed by atoms with Crippen LogP contribution < -0.4 is 0 Å². The number of furan rings is 1. The molecule has 0 atom stereocenters. The third kappa shape index (κ3) is 3.59. The molecule has 2 heterocycles. The number of rotatable bonds is 2. The van der Waals surface area contributed by atoms with E-state index in [4.69, 9.17) is 9.40 Å². The maximum atomic E-state index is 6.86. The maximum absolute atomic E-state index is 6.86. The second-order valence-electron chi connectivity index (χ2n) is 13.1. The van der Waals surface area contributed by atoms with Crippen LogP contribution in [0.15, 0.2) is 40.9 Å². The first-order valence-electron chi connectivity index (χ1n) is 12.2. The molecule has 2 aromatic heterocycles. The summed E-state index contributed by atoms with van der Waals surface area (Å²) in [6.45, 7) is 20.6. The molecule has 0 N–H and O–H groups in total. The molecule has 4 aromatic rings. The third-order valence-electron chi connectivity index (χ3n) is 7.02. The Kier molecular flexibility index (Phi) is 4.67. The summed E-state index contributed by atoms with van der Waals surface area (Å²) in [6, 6.07) is 11.5. The average molecular weight is 440 g/mol. The van der Waals surface area contributed by atoms with Gasteiger partial charge in [0.2, 0.25) is 0 Å². The van der Waals surface area contributed by atoms with Gasteiger partial charge in [0.1, 0.15) is 11.2 Å². The number of fused-ring (bicyclic) bond motifs is 2. The molecular weight excluding hydrogens is 402 g/mol. The Hall–Kier alpha value is -2.61. The molecule has 0 fully saturated rings. The zero-order valence-corrected chi connectivity index (χ0v) is 21.7. The van der Waals surface area contributed by atoms with E-state index in [0.717, 1.165) is 29.7 Å². The van der Waals surface area contributed by atoms with Crippen molar-refractivity contribution < 1.29 is 4.42 Å². The molecule has 2 aromatic carbocycles. The van der Waals surface area contributed by atoms with Crippen molar-refractivity contribution in [1.82, 2.24) is 4.98 Å². The summed E-state index contributed by atoms with van der Waals surface area (Å²) in [7, 11) is 0. The topological polar surface area (TPSA) is 26.0 Å². The molecule has 2 heteroatoms. The van der Waals surface area contributed by atoms with Crippen LogP contribution in [0.1, 0.15) is 83.2 Å². The lowest BCUT2D eigenvalue weighted by atomic mass is 9.75. The Morgan fingerprint density at radius 3 is 2.09 bits per heavy atom. The normalized spacial score (nSPS) is 15.3. The smallest absolute Gasteiger partial charge is 0.142 e. The van der Waals surface area contributed by atoms with Gasteiger partial charge in [-0.1, -0.05) is 91.3 Å². The van der Waals surface area contributed by atoms with E-state index < -0.39 is 0 Å². The van der Waals surface area contributed by atoms with Crippen molar-refractivity contribution in [1.29, 1.82) is 0 Å². The van der Waals surface area contributed by atoms with Crippen molar-refractivity contribution in [2.45, 2.75) is 80.6 Å². The van der Waals surface area contributed by atoms with E-state index in [9.17, 15) is 0 Å². The third-order valence-corrected chi connectivity index (χ3v) is 7.02. The second kappa shape index (κ2) is 6.95. The minimum Gasteiger partial charge on any atom is -0.455 e. The molecule has 172 valence electrons. The summed E-state index contributed by atoms with van der Waals surface area (Å²) in [6.07, 6.45) is 3.98. The number of aryl methyl sites for hydroxylation is 1. The van der Waals surface area contributed by atoms with Crippen LogP contribution >= 0.6 is 0 Å². The number of nitrogens with zero attached hydrogens (tertiary/aromatic N) is 1. The monoisotopic (exact) mass is 439 g/mol. The van der Waals surface area contributed by atoms with Gasteiger partial charge in [-0.25, -0.2) is 0 Å². The van der Waals surface area contributed by atoms with E-state index in [1.165, 1.54) is 44.2 Å². The van der Waals surface area contributed by atoms with Gasteiger partial charge in [0.05, 0.1) is 11.1 Å². The summed E-state index contributed by atoms with van der Waals surface area (Å²) in [5, 5.41) is 2.47. The second-order valence-corrected chi connectivity index (χ2v) is 13.1. The molecule has 2 nitrogen and oxygen atoms in total. The Labute approximate surface area is 198 Å². The van der Waals surface area contributed by atoms with Crippen LogP contribution in [0.3, 0.4) is 0 Å². The lowest BCUT2D eigenvalue weighted by molar-refractivity contribution is 0.408. The highest BCUT2D eigenvalue weighted by molar-refractivity contribution is 6.16. The fraction of sp³-hybridized carbons (Fsp3) is 0.452. The lowest BCUT2D eigenvalue weighted by Crippen LogP contribution is -2.20. The number of aromatic nitrogens is 1. The quantitative estimate of drug-likeness (QED) is 0.312. The number of hydrogen-bond donors (Lipinski definition) is 0. The highest BCUT2D eigenvalue weighted by Crippen LogP contribution is 2.51.